The van der Waals surface area contributed by atoms with Crippen LogP contribution in [0.25, 0.3) is 0 Å². The van der Waals surface area contributed by atoms with Crippen molar-refractivity contribution in [3.8, 4) is 5.75 Å². The van der Waals surface area contributed by atoms with Gasteiger partial charge in [0.05, 0.1) is 44.2 Å². The number of carbonyl (C=O) groups is 1. The van der Waals surface area contributed by atoms with Crippen LogP contribution in [0.4, 0.5) is 5.69 Å². The predicted molar refractivity (Wildman–Crippen MR) is 115 cm³/mol. The van der Waals surface area contributed by atoms with Gasteiger partial charge in [0.1, 0.15) is 11.8 Å². The maximum Gasteiger partial charge on any atom is 0.222 e. The molecule has 28 heavy (non-hydrogen) atoms. The number of nitrogens with one attached hydrogen (secondary N) is 2. The Labute approximate surface area is 172 Å². The van der Waals surface area contributed by atoms with Gasteiger partial charge in [-0.05, 0) is 42.6 Å². The molecule has 5 nitrogen and oxygen atoms in total. The normalized spacial score (nSPS) is 17.4. The second-order valence-corrected chi connectivity index (χ2v) is 8.77. The molecule has 0 spiro atoms. The quantitative estimate of drug-likeness (QED) is 0.747. The van der Waals surface area contributed by atoms with E-state index in [0.717, 1.165) is 31.9 Å². The maximum atomic E-state index is 12.3. The first-order valence-corrected chi connectivity index (χ1v) is 10.9. The number of amides is 1. The Morgan fingerprint density at radius 2 is 1.82 bits per heavy atom. The number of carbonyl (C=O) groups excluding carboxylic acids is 1. The molecule has 1 aromatic heterocycles. The first-order valence-electron chi connectivity index (χ1n) is 10.1. The number of quaternary nitrogens is 1. The molecular formula is C22H32N3O2S+. The lowest BCUT2D eigenvalue weighted by molar-refractivity contribution is -0.933. The molecule has 152 valence electrons. The van der Waals surface area contributed by atoms with Crippen LogP contribution >= 0.6 is 11.3 Å². The van der Waals surface area contributed by atoms with Crippen molar-refractivity contribution in [3.05, 3.63) is 46.7 Å². The number of nitrogens with zero attached hydrogens (tertiary/aromatic N) is 1. The van der Waals surface area contributed by atoms with Gasteiger partial charge in [-0.3, -0.25) is 4.79 Å². The SMILES string of the molecule is COc1ccc(N2CC[NH+]([C@H](c3cccs3)[C@@H](C)NC(=O)C(C)C)CC2)cc1. The van der Waals surface area contributed by atoms with Gasteiger partial charge in [0.15, 0.2) is 0 Å². The van der Waals surface area contributed by atoms with Crippen LogP contribution in [-0.2, 0) is 4.79 Å². The first-order chi connectivity index (χ1) is 13.5. The second kappa shape index (κ2) is 9.43. The van der Waals surface area contributed by atoms with Crippen molar-refractivity contribution in [2.45, 2.75) is 32.9 Å². The summed E-state index contributed by atoms with van der Waals surface area (Å²) < 4.78 is 5.27. The van der Waals surface area contributed by atoms with E-state index in [9.17, 15) is 4.79 Å². The van der Waals surface area contributed by atoms with Crippen molar-refractivity contribution in [2.24, 2.45) is 5.92 Å². The molecule has 6 heteroatoms. The van der Waals surface area contributed by atoms with Gasteiger partial charge >= 0.3 is 0 Å². The lowest BCUT2D eigenvalue weighted by Gasteiger charge is -2.39. The number of piperazine rings is 1. The van der Waals surface area contributed by atoms with E-state index in [2.05, 4.69) is 46.8 Å². The van der Waals surface area contributed by atoms with Crippen LogP contribution in [0.15, 0.2) is 41.8 Å². The number of thiophene rings is 1. The van der Waals surface area contributed by atoms with Crippen LogP contribution in [0.1, 0.15) is 31.7 Å². The third-order valence-corrected chi connectivity index (χ3v) is 6.48. The fourth-order valence-corrected chi connectivity index (χ4v) is 4.89. The Balaban J connectivity index is 1.68. The molecule has 2 N–H and O–H groups in total. The average molecular weight is 403 g/mol. The minimum atomic E-state index is 0.00774. The average Bonchev–Trinajstić information content (AvgIpc) is 3.23. The molecular weight excluding hydrogens is 370 g/mol. The molecule has 0 bridgehead atoms. The number of anilines is 1. The van der Waals surface area contributed by atoms with Gasteiger partial charge in [0.25, 0.3) is 0 Å². The lowest BCUT2D eigenvalue weighted by atomic mass is 10.0. The molecule has 0 aliphatic carbocycles. The van der Waals surface area contributed by atoms with Crippen molar-refractivity contribution < 1.29 is 14.4 Å². The summed E-state index contributed by atoms with van der Waals surface area (Å²) in [5.74, 6) is 1.03. The number of methoxy groups -OCH3 is 1. The molecule has 1 fully saturated rings. The van der Waals surface area contributed by atoms with Crippen LogP contribution in [0.3, 0.4) is 0 Å². The number of hydrogen-bond donors (Lipinski definition) is 2. The molecule has 1 amide bonds. The van der Waals surface area contributed by atoms with Crippen molar-refractivity contribution >= 4 is 22.9 Å². The summed E-state index contributed by atoms with van der Waals surface area (Å²) in [6.45, 7) is 10.2. The van der Waals surface area contributed by atoms with Crippen molar-refractivity contribution in [1.29, 1.82) is 0 Å². The number of ether oxygens (including phenoxy) is 1. The molecule has 1 aromatic carbocycles. The van der Waals surface area contributed by atoms with Gasteiger partial charge in [-0.1, -0.05) is 19.9 Å². The third-order valence-electron chi connectivity index (χ3n) is 5.53. The fraction of sp³-hybridized carbons (Fsp3) is 0.500. The highest BCUT2D eigenvalue weighted by atomic mass is 32.1. The minimum absolute atomic E-state index is 0.00774. The standard InChI is InChI=1S/C22H31N3O2S/c1-16(2)22(26)23-17(3)21(20-6-5-15-28-20)25-13-11-24(12-14-25)18-7-9-19(27-4)10-8-18/h5-10,15-17,21H,11-14H2,1-4H3,(H,23,26)/p+1/t17-,21+/m1/s1. The largest absolute Gasteiger partial charge is 0.497 e. The van der Waals surface area contributed by atoms with Gasteiger partial charge < -0.3 is 19.9 Å². The Bertz CT molecular complexity index is 738. The van der Waals surface area contributed by atoms with Gasteiger partial charge in [0, 0.05) is 11.6 Å². The Hall–Kier alpha value is -2.05. The molecule has 2 heterocycles. The van der Waals surface area contributed by atoms with E-state index in [1.54, 1.807) is 23.3 Å². The zero-order valence-electron chi connectivity index (χ0n) is 17.3. The molecule has 2 aromatic rings. The zero-order chi connectivity index (χ0) is 20.1. The van der Waals surface area contributed by atoms with Crippen molar-refractivity contribution in [3.63, 3.8) is 0 Å². The van der Waals surface area contributed by atoms with E-state index < -0.39 is 0 Å². The van der Waals surface area contributed by atoms with E-state index >= 15 is 0 Å². The molecule has 3 rings (SSSR count). The first kappa shape index (κ1) is 20.7. The monoisotopic (exact) mass is 402 g/mol. The van der Waals surface area contributed by atoms with Gasteiger partial charge in [-0.25, -0.2) is 0 Å². The predicted octanol–water partition coefficient (Wildman–Crippen LogP) is 2.36. The zero-order valence-corrected chi connectivity index (χ0v) is 18.1. The topological polar surface area (TPSA) is 46.0 Å². The highest BCUT2D eigenvalue weighted by Crippen LogP contribution is 2.22. The maximum absolute atomic E-state index is 12.3. The molecule has 1 saturated heterocycles. The van der Waals surface area contributed by atoms with Crippen LogP contribution in [0, 0.1) is 5.92 Å². The minimum Gasteiger partial charge on any atom is -0.497 e. The van der Waals surface area contributed by atoms with E-state index in [1.807, 2.05) is 26.0 Å². The Morgan fingerprint density at radius 3 is 2.36 bits per heavy atom. The van der Waals surface area contributed by atoms with Crippen LogP contribution in [0.2, 0.25) is 0 Å². The molecule has 2 atom stereocenters. The van der Waals surface area contributed by atoms with Crippen LogP contribution in [0.5, 0.6) is 5.75 Å². The lowest BCUT2D eigenvalue weighted by Crippen LogP contribution is -3.16. The van der Waals surface area contributed by atoms with Gasteiger partial charge in [0.2, 0.25) is 5.91 Å². The number of benzene rings is 1. The van der Waals surface area contributed by atoms with E-state index in [0.29, 0.717) is 6.04 Å². The summed E-state index contributed by atoms with van der Waals surface area (Å²) in [7, 11) is 1.70. The summed E-state index contributed by atoms with van der Waals surface area (Å²) in [4.78, 5) is 17.6. The summed E-state index contributed by atoms with van der Waals surface area (Å²) in [6, 6.07) is 13.0. The number of hydrogen-bond acceptors (Lipinski definition) is 4. The summed E-state index contributed by atoms with van der Waals surface area (Å²) in [5, 5.41) is 5.37. The third kappa shape index (κ3) is 4.86. The Morgan fingerprint density at radius 1 is 1.14 bits per heavy atom. The molecule has 1 aliphatic heterocycles. The molecule has 0 radical (unpaired) electrons. The van der Waals surface area contributed by atoms with E-state index in [-0.39, 0.29) is 17.9 Å². The van der Waals surface area contributed by atoms with Crippen LogP contribution < -0.4 is 19.9 Å². The highest BCUT2D eigenvalue weighted by molar-refractivity contribution is 7.10. The molecule has 0 saturated carbocycles. The fourth-order valence-electron chi connectivity index (χ4n) is 3.90. The van der Waals surface area contributed by atoms with Crippen molar-refractivity contribution in [2.75, 3.05) is 38.2 Å². The molecule has 0 unspecified atom stereocenters. The van der Waals surface area contributed by atoms with E-state index in [4.69, 9.17) is 4.74 Å². The summed E-state index contributed by atoms with van der Waals surface area (Å²) in [6.07, 6.45) is 0. The smallest absolute Gasteiger partial charge is 0.222 e. The van der Waals surface area contributed by atoms with Crippen molar-refractivity contribution in [1.82, 2.24) is 5.32 Å². The van der Waals surface area contributed by atoms with Crippen LogP contribution in [-0.4, -0.2) is 45.2 Å². The second-order valence-electron chi connectivity index (χ2n) is 7.79. The van der Waals surface area contributed by atoms with E-state index in [1.165, 1.54) is 10.6 Å². The Kier molecular flexibility index (Phi) is 6.97. The number of rotatable bonds is 7. The van der Waals surface area contributed by atoms with Gasteiger partial charge in [-0.15, -0.1) is 11.3 Å². The summed E-state index contributed by atoms with van der Waals surface area (Å²) >= 11 is 1.79. The summed E-state index contributed by atoms with van der Waals surface area (Å²) in [5.41, 5.74) is 1.24. The highest BCUT2D eigenvalue weighted by Gasteiger charge is 2.34. The molecule has 1 aliphatic rings. The van der Waals surface area contributed by atoms with Gasteiger partial charge in [-0.2, -0.15) is 0 Å².